The lowest BCUT2D eigenvalue weighted by molar-refractivity contribution is 0.414. The number of hydrogen-bond donors (Lipinski definition) is 1. The number of thiazole rings is 1. The summed E-state index contributed by atoms with van der Waals surface area (Å²) in [6.45, 7) is 4.21. The molecule has 1 unspecified atom stereocenters. The quantitative estimate of drug-likeness (QED) is 0.811. The van der Waals surface area contributed by atoms with Gasteiger partial charge in [0.1, 0.15) is 5.75 Å². The van der Waals surface area contributed by atoms with Crippen molar-refractivity contribution in [3.8, 4) is 5.75 Å². The summed E-state index contributed by atoms with van der Waals surface area (Å²) >= 11 is 1.74. The van der Waals surface area contributed by atoms with Crippen molar-refractivity contribution in [1.82, 2.24) is 10.3 Å². The lowest BCUT2D eigenvalue weighted by atomic mass is 9.95. The zero-order valence-electron chi connectivity index (χ0n) is 12.1. The Bertz CT molecular complexity index is 482. The largest absolute Gasteiger partial charge is 0.497 e. The number of aromatic nitrogens is 1. The third-order valence-corrected chi connectivity index (χ3v) is 4.14. The summed E-state index contributed by atoms with van der Waals surface area (Å²) < 4.78 is 5.21. The highest BCUT2D eigenvalue weighted by atomic mass is 32.1. The molecule has 0 aliphatic rings. The first-order chi connectivity index (χ1) is 9.81. The van der Waals surface area contributed by atoms with Gasteiger partial charge in [0.15, 0.2) is 0 Å². The SMILES string of the molecule is CCNCC(Cc1ccc(OC)cc1)Cc1cncs1. The van der Waals surface area contributed by atoms with E-state index in [0.29, 0.717) is 5.92 Å². The molecule has 0 bridgehead atoms. The van der Waals surface area contributed by atoms with Crippen LogP contribution in [0, 0.1) is 5.92 Å². The summed E-state index contributed by atoms with van der Waals surface area (Å²) in [5.74, 6) is 1.52. The van der Waals surface area contributed by atoms with Crippen LogP contribution in [0.1, 0.15) is 17.4 Å². The molecule has 20 heavy (non-hydrogen) atoms. The molecule has 0 amide bonds. The predicted molar refractivity (Wildman–Crippen MR) is 84.5 cm³/mol. The average molecular weight is 290 g/mol. The van der Waals surface area contributed by atoms with Crippen molar-refractivity contribution >= 4 is 11.3 Å². The van der Waals surface area contributed by atoms with Crippen LogP contribution in [0.2, 0.25) is 0 Å². The van der Waals surface area contributed by atoms with Gasteiger partial charge in [0.2, 0.25) is 0 Å². The number of benzene rings is 1. The molecule has 0 saturated heterocycles. The molecule has 0 aliphatic carbocycles. The van der Waals surface area contributed by atoms with Crippen LogP contribution in [-0.4, -0.2) is 25.2 Å². The Labute approximate surface area is 125 Å². The van der Waals surface area contributed by atoms with Crippen molar-refractivity contribution in [1.29, 1.82) is 0 Å². The molecular weight excluding hydrogens is 268 g/mol. The first kappa shape index (κ1) is 15.0. The predicted octanol–water partition coefficient (Wildman–Crippen LogP) is 3.16. The van der Waals surface area contributed by atoms with E-state index in [1.807, 2.05) is 23.8 Å². The van der Waals surface area contributed by atoms with Crippen LogP contribution in [0.25, 0.3) is 0 Å². The molecule has 0 spiro atoms. The second-order valence-electron chi connectivity index (χ2n) is 4.90. The van der Waals surface area contributed by atoms with Gasteiger partial charge in [-0.15, -0.1) is 11.3 Å². The maximum Gasteiger partial charge on any atom is 0.118 e. The topological polar surface area (TPSA) is 34.1 Å². The van der Waals surface area contributed by atoms with Crippen molar-refractivity contribution in [3.63, 3.8) is 0 Å². The minimum absolute atomic E-state index is 0.601. The van der Waals surface area contributed by atoms with Gasteiger partial charge in [0.05, 0.1) is 12.6 Å². The van der Waals surface area contributed by atoms with Gasteiger partial charge >= 0.3 is 0 Å². The third kappa shape index (κ3) is 4.62. The van der Waals surface area contributed by atoms with Gasteiger partial charge in [-0.3, -0.25) is 4.98 Å². The van der Waals surface area contributed by atoms with Gasteiger partial charge < -0.3 is 10.1 Å². The maximum absolute atomic E-state index is 5.21. The summed E-state index contributed by atoms with van der Waals surface area (Å²) in [5, 5.41) is 3.46. The summed E-state index contributed by atoms with van der Waals surface area (Å²) in [4.78, 5) is 5.53. The summed E-state index contributed by atoms with van der Waals surface area (Å²) in [6.07, 6.45) is 4.15. The molecule has 4 heteroatoms. The van der Waals surface area contributed by atoms with E-state index < -0.39 is 0 Å². The van der Waals surface area contributed by atoms with Crippen LogP contribution in [0.4, 0.5) is 0 Å². The Kier molecular flexibility index (Phi) is 6.02. The van der Waals surface area contributed by atoms with Crippen LogP contribution in [-0.2, 0) is 12.8 Å². The molecule has 1 aromatic carbocycles. The molecule has 1 aromatic heterocycles. The number of ether oxygens (including phenoxy) is 1. The Hall–Kier alpha value is -1.39. The van der Waals surface area contributed by atoms with E-state index >= 15 is 0 Å². The summed E-state index contributed by atoms with van der Waals surface area (Å²) in [5.41, 5.74) is 3.27. The second-order valence-corrected chi connectivity index (χ2v) is 5.87. The Balaban J connectivity index is 1.98. The van der Waals surface area contributed by atoms with Crippen LogP contribution in [0.15, 0.2) is 36.0 Å². The first-order valence-corrected chi connectivity index (χ1v) is 7.90. The monoisotopic (exact) mass is 290 g/mol. The van der Waals surface area contributed by atoms with Gasteiger partial charge in [-0.05, 0) is 49.5 Å². The zero-order chi connectivity index (χ0) is 14.2. The number of nitrogens with zero attached hydrogens (tertiary/aromatic N) is 1. The molecule has 3 nitrogen and oxygen atoms in total. The van der Waals surface area contributed by atoms with Crippen LogP contribution >= 0.6 is 11.3 Å². The number of nitrogens with one attached hydrogen (secondary N) is 1. The molecule has 108 valence electrons. The van der Waals surface area contributed by atoms with Crippen molar-refractivity contribution in [2.75, 3.05) is 20.2 Å². The van der Waals surface area contributed by atoms with E-state index in [-0.39, 0.29) is 0 Å². The smallest absolute Gasteiger partial charge is 0.118 e. The lowest BCUT2D eigenvalue weighted by Gasteiger charge is -2.16. The van der Waals surface area contributed by atoms with Gasteiger partial charge in [-0.25, -0.2) is 0 Å². The van der Waals surface area contributed by atoms with Crippen LogP contribution in [0.5, 0.6) is 5.75 Å². The summed E-state index contributed by atoms with van der Waals surface area (Å²) in [6, 6.07) is 8.38. The highest BCUT2D eigenvalue weighted by molar-refractivity contribution is 7.09. The van der Waals surface area contributed by atoms with Gasteiger partial charge in [0, 0.05) is 11.1 Å². The molecule has 0 aliphatic heterocycles. The molecule has 1 heterocycles. The van der Waals surface area contributed by atoms with E-state index in [1.54, 1.807) is 18.4 Å². The molecule has 0 saturated carbocycles. The van der Waals surface area contributed by atoms with Crippen molar-refractivity contribution < 1.29 is 4.74 Å². The molecule has 2 rings (SSSR count). The number of methoxy groups -OCH3 is 1. The van der Waals surface area contributed by atoms with Gasteiger partial charge in [-0.2, -0.15) is 0 Å². The van der Waals surface area contributed by atoms with Crippen molar-refractivity contribution in [2.45, 2.75) is 19.8 Å². The zero-order valence-corrected chi connectivity index (χ0v) is 13.0. The normalized spacial score (nSPS) is 12.3. The minimum atomic E-state index is 0.601. The van der Waals surface area contributed by atoms with E-state index in [1.165, 1.54) is 10.4 Å². The van der Waals surface area contributed by atoms with Crippen LogP contribution in [0.3, 0.4) is 0 Å². The lowest BCUT2D eigenvalue weighted by Crippen LogP contribution is -2.25. The standard InChI is InChI=1S/C16H22N2OS/c1-3-17-10-14(9-16-11-18-12-20-16)8-13-4-6-15(19-2)7-5-13/h4-7,11-12,14,17H,3,8-10H2,1-2H3. The Morgan fingerprint density at radius 2 is 2.05 bits per heavy atom. The summed E-state index contributed by atoms with van der Waals surface area (Å²) in [7, 11) is 1.70. The average Bonchev–Trinajstić information content (AvgIpc) is 2.98. The highest BCUT2D eigenvalue weighted by Crippen LogP contribution is 2.19. The number of rotatable bonds is 8. The first-order valence-electron chi connectivity index (χ1n) is 7.02. The fraction of sp³-hybridized carbons (Fsp3) is 0.438. The fourth-order valence-corrected chi connectivity index (χ4v) is 3.00. The van der Waals surface area contributed by atoms with Crippen LogP contribution < -0.4 is 10.1 Å². The molecule has 2 aromatic rings. The van der Waals surface area contributed by atoms with Gasteiger partial charge in [0.25, 0.3) is 0 Å². The molecular formula is C16H22N2OS. The van der Waals surface area contributed by atoms with Gasteiger partial charge in [-0.1, -0.05) is 19.1 Å². The van der Waals surface area contributed by atoms with Crippen molar-refractivity contribution in [3.05, 3.63) is 46.4 Å². The molecule has 1 atom stereocenters. The van der Waals surface area contributed by atoms with E-state index in [4.69, 9.17) is 4.74 Å². The fourth-order valence-electron chi connectivity index (χ4n) is 2.29. The van der Waals surface area contributed by atoms with Crippen molar-refractivity contribution in [2.24, 2.45) is 5.92 Å². The minimum Gasteiger partial charge on any atom is -0.497 e. The Morgan fingerprint density at radius 3 is 2.65 bits per heavy atom. The molecule has 0 radical (unpaired) electrons. The van der Waals surface area contributed by atoms with E-state index in [2.05, 4.69) is 29.4 Å². The maximum atomic E-state index is 5.21. The van der Waals surface area contributed by atoms with E-state index in [9.17, 15) is 0 Å². The Morgan fingerprint density at radius 1 is 1.25 bits per heavy atom. The van der Waals surface area contributed by atoms with E-state index in [0.717, 1.165) is 31.7 Å². The highest BCUT2D eigenvalue weighted by Gasteiger charge is 2.11. The molecule has 1 N–H and O–H groups in total. The second kappa shape index (κ2) is 8.02. The molecule has 0 fully saturated rings. The number of hydrogen-bond acceptors (Lipinski definition) is 4. The third-order valence-electron chi connectivity index (χ3n) is 3.34.